The first-order valence-electron chi connectivity index (χ1n) is 14.0. The smallest absolute Gasteiger partial charge is 0.509 e. The summed E-state index contributed by atoms with van der Waals surface area (Å²) in [4.78, 5) is 8.26. The van der Waals surface area contributed by atoms with E-state index in [1.165, 1.54) is 0 Å². The Kier molecular flexibility index (Phi) is 7.67. The Bertz CT molecular complexity index is 2210. The van der Waals surface area contributed by atoms with Gasteiger partial charge in [-0.1, -0.05) is 53.9 Å². The maximum Gasteiger partial charge on any atom is 2.00 e. The van der Waals surface area contributed by atoms with Gasteiger partial charge in [0.2, 0.25) is 0 Å². The molecule has 7 rings (SSSR count). The first-order valence-corrected chi connectivity index (χ1v) is 14.0. The first kappa shape index (κ1) is 29.1. The zero-order valence-electron chi connectivity index (χ0n) is 24.6. The molecule has 7 aromatic rings. The van der Waals surface area contributed by atoms with Crippen LogP contribution >= 0.6 is 0 Å². The normalized spacial score (nSPS) is 11.0. The fraction of sp³-hybridized carbons (Fsp3) is 0.108. The number of aryl methyl sites for hydroxylation is 4. The van der Waals surface area contributed by atoms with Crippen LogP contribution in [0.15, 0.2) is 91.4 Å². The molecule has 6 nitrogen and oxygen atoms in total. The van der Waals surface area contributed by atoms with Crippen LogP contribution in [0, 0.1) is 46.4 Å². The Morgan fingerprint density at radius 2 is 1.61 bits per heavy atom. The molecule has 0 fully saturated rings. The van der Waals surface area contributed by atoms with E-state index >= 15 is 0 Å². The molecule has 0 spiro atoms. The number of aromatic nitrogens is 4. The van der Waals surface area contributed by atoms with Gasteiger partial charge < -0.3 is 9.30 Å². The molecule has 0 amide bonds. The molecule has 0 aliphatic carbocycles. The third-order valence-electron chi connectivity index (χ3n) is 7.65. The van der Waals surface area contributed by atoms with E-state index in [1.54, 1.807) is 0 Å². The largest absolute Gasteiger partial charge is 2.00 e. The Morgan fingerprint density at radius 3 is 2.39 bits per heavy atom. The zero-order valence-corrected chi connectivity index (χ0v) is 26.9. The number of rotatable bonds is 5. The fourth-order valence-corrected chi connectivity index (χ4v) is 5.82. The number of hydrogen-bond donors (Lipinski definition) is 0. The second kappa shape index (κ2) is 11.6. The van der Waals surface area contributed by atoms with Crippen LogP contribution in [0.25, 0.3) is 49.3 Å². The molecule has 3 heterocycles. The van der Waals surface area contributed by atoms with Crippen molar-refractivity contribution >= 4 is 27.5 Å². The van der Waals surface area contributed by atoms with Crippen molar-refractivity contribution in [1.29, 1.82) is 0 Å². The van der Waals surface area contributed by atoms with Crippen molar-refractivity contribution in [3.8, 4) is 34.1 Å². The molecule has 0 N–H and O–H groups in total. The molecule has 0 aliphatic heterocycles. The van der Waals surface area contributed by atoms with E-state index in [0.717, 1.165) is 66.7 Å². The van der Waals surface area contributed by atoms with Crippen LogP contribution in [0.5, 0.6) is 11.5 Å². The summed E-state index contributed by atoms with van der Waals surface area (Å²) < 4.78 is 10.3. The van der Waals surface area contributed by atoms with Crippen LogP contribution < -0.4 is 4.74 Å². The van der Waals surface area contributed by atoms with Crippen molar-refractivity contribution < 1.29 is 25.8 Å². The van der Waals surface area contributed by atoms with Crippen LogP contribution in [0.1, 0.15) is 22.3 Å². The van der Waals surface area contributed by atoms with Gasteiger partial charge in [0.1, 0.15) is 5.82 Å². The number of para-hydroxylation sites is 1. The van der Waals surface area contributed by atoms with Crippen LogP contribution in [0.3, 0.4) is 0 Å². The zero-order chi connectivity index (χ0) is 29.7. The van der Waals surface area contributed by atoms with E-state index in [-0.39, 0.29) is 21.1 Å². The number of ether oxygens (including phenoxy) is 1. The molecule has 0 saturated carbocycles. The summed E-state index contributed by atoms with van der Waals surface area (Å²) in [6.07, 6.45) is 5.68. The molecular formula is C37H27N5OPt. The average molecular weight is 753 g/mol. The summed E-state index contributed by atoms with van der Waals surface area (Å²) >= 11 is 0. The molecule has 44 heavy (non-hydrogen) atoms. The standard InChI is InChI=1S/C37H27N5O.Pt/c1-23-12-13-39-36(16-23)42-34-9-7-6-8-32(34)33-11-10-30(20-35(33)42)43-31-15-24(2)14-29(19-31)41-22-27(21-40-41)37-25(3)17-28(38-5)18-26(37)4;/h6-18,21-22H,1-4H3;/q-2;+2. The Balaban J connectivity index is 0.00000343. The van der Waals surface area contributed by atoms with E-state index in [9.17, 15) is 0 Å². The molecule has 0 aliphatic rings. The van der Waals surface area contributed by atoms with E-state index in [1.807, 2.05) is 86.5 Å². The average Bonchev–Trinajstić information content (AvgIpc) is 3.59. The van der Waals surface area contributed by atoms with Gasteiger partial charge in [-0.2, -0.15) is 16.7 Å². The summed E-state index contributed by atoms with van der Waals surface area (Å²) in [7, 11) is 0. The summed E-state index contributed by atoms with van der Waals surface area (Å²) in [5, 5.41) is 6.86. The van der Waals surface area contributed by atoms with E-state index < -0.39 is 0 Å². The van der Waals surface area contributed by atoms with Gasteiger partial charge in [-0.05, 0) is 61.2 Å². The fourth-order valence-electron chi connectivity index (χ4n) is 5.82. The summed E-state index contributed by atoms with van der Waals surface area (Å²) in [5.74, 6) is 2.00. The predicted molar refractivity (Wildman–Crippen MR) is 171 cm³/mol. The molecule has 216 valence electrons. The topological polar surface area (TPSA) is 49.2 Å². The summed E-state index contributed by atoms with van der Waals surface area (Å²) in [5.41, 5.74) is 9.71. The van der Waals surface area contributed by atoms with Crippen molar-refractivity contribution in [3.05, 3.63) is 137 Å². The minimum Gasteiger partial charge on any atom is -0.509 e. The third-order valence-corrected chi connectivity index (χ3v) is 7.65. The molecule has 0 atom stereocenters. The second-order valence-corrected chi connectivity index (χ2v) is 10.9. The minimum atomic E-state index is 0. The molecule has 0 saturated heterocycles. The van der Waals surface area contributed by atoms with Gasteiger partial charge >= 0.3 is 21.1 Å². The van der Waals surface area contributed by atoms with Gasteiger partial charge in [0, 0.05) is 35.0 Å². The quantitative estimate of drug-likeness (QED) is 0.165. The third kappa shape index (κ3) is 5.21. The van der Waals surface area contributed by atoms with E-state index in [2.05, 4.69) is 68.9 Å². The molecule has 0 unspecified atom stereocenters. The Morgan fingerprint density at radius 1 is 0.818 bits per heavy atom. The number of fused-ring (bicyclic) bond motifs is 3. The van der Waals surface area contributed by atoms with Gasteiger partial charge in [0.25, 0.3) is 0 Å². The predicted octanol–water partition coefficient (Wildman–Crippen LogP) is 9.21. The van der Waals surface area contributed by atoms with Gasteiger partial charge in [-0.3, -0.25) is 4.68 Å². The van der Waals surface area contributed by atoms with Crippen molar-refractivity contribution in [2.45, 2.75) is 27.7 Å². The van der Waals surface area contributed by atoms with Crippen molar-refractivity contribution in [2.24, 2.45) is 0 Å². The maximum absolute atomic E-state index is 7.36. The van der Waals surface area contributed by atoms with Crippen molar-refractivity contribution in [3.63, 3.8) is 0 Å². The molecule has 0 radical (unpaired) electrons. The number of nitrogens with zero attached hydrogens (tertiary/aromatic N) is 5. The molecule has 7 heteroatoms. The number of benzene rings is 4. The van der Waals surface area contributed by atoms with Crippen LogP contribution in [0.2, 0.25) is 0 Å². The van der Waals surface area contributed by atoms with Crippen molar-refractivity contribution in [2.75, 3.05) is 0 Å². The molecule has 4 aromatic carbocycles. The van der Waals surface area contributed by atoms with Crippen molar-refractivity contribution in [1.82, 2.24) is 19.3 Å². The van der Waals surface area contributed by atoms with Gasteiger partial charge in [-0.25, -0.2) is 9.83 Å². The van der Waals surface area contributed by atoms with E-state index in [0.29, 0.717) is 17.2 Å². The minimum absolute atomic E-state index is 0. The Hall–Kier alpha value is -4.98. The monoisotopic (exact) mass is 752 g/mol. The van der Waals surface area contributed by atoms with Crippen LogP contribution in [0.4, 0.5) is 5.69 Å². The molecule has 3 aromatic heterocycles. The summed E-state index contributed by atoms with van der Waals surface area (Å²) in [6, 6.07) is 31.1. The number of pyridine rings is 1. The second-order valence-electron chi connectivity index (χ2n) is 10.9. The Labute approximate surface area is 270 Å². The van der Waals surface area contributed by atoms with E-state index in [4.69, 9.17) is 11.3 Å². The SMILES string of the molecule is [C-]#[N+]c1cc(C)c(-c2cnn(-c3[c-]c(Oc4[c-]c5c(cc4)c4ccccc4n5-c4cc(C)ccn4)cc(C)c3)c2)c(C)c1.[Pt+2]. The maximum atomic E-state index is 7.36. The van der Waals surface area contributed by atoms with Crippen LogP contribution in [-0.4, -0.2) is 19.3 Å². The van der Waals surface area contributed by atoms with Gasteiger partial charge in [0.05, 0.1) is 12.8 Å². The molecular weight excluding hydrogens is 726 g/mol. The number of hydrogen-bond acceptors (Lipinski definition) is 3. The van der Waals surface area contributed by atoms with Crippen LogP contribution in [-0.2, 0) is 21.1 Å². The van der Waals surface area contributed by atoms with Gasteiger partial charge in [-0.15, -0.1) is 35.7 Å². The van der Waals surface area contributed by atoms with Gasteiger partial charge in [0.15, 0.2) is 5.69 Å². The summed E-state index contributed by atoms with van der Waals surface area (Å²) in [6.45, 7) is 15.5. The molecule has 0 bridgehead atoms. The first-order chi connectivity index (χ1) is 20.9.